The normalized spacial score (nSPS) is 10.6. The van der Waals surface area contributed by atoms with Gasteiger partial charge in [-0.2, -0.15) is 5.10 Å². The topological polar surface area (TPSA) is 91.8 Å². The van der Waals surface area contributed by atoms with Gasteiger partial charge in [0.2, 0.25) is 5.82 Å². The van der Waals surface area contributed by atoms with Crippen molar-refractivity contribution in [2.75, 3.05) is 0 Å². The van der Waals surface area contributed by atoms with Gasteiger partial charge in [0, 0.05) is 11.9 Å². The summed E-state index contributed by atoms with van der Waals surface area (Å²) in [6.45, 7) is 1.97. The molecule has 6 nitrogen and oxygen atoms in total. The van der Waals surface area contributed by atoms with Crippen LogP contribution >= 0.6 is 0 Å². The van der Waals surface area contributed by atoms with Gasteiger partial charge in [0.25, 0.3) is 0 Å². The molecule has 14 heavy (non-hydrogen) atoms. The number of carboxylic acids is 1. The van der Waals surface area contributed by atoms with Crippen LogP contribution in [0.4, 0.5) is 0 Å². The number of carbonyl (C=O) groups is 1. The molecule has 2 rings (SSSR count). The molecular weight excluding hydrogens is 184 g/mol. The minimum absolute atomic E-state index is 0.230. The molecule has 2 N–H and O–H groups in total. The maximum atomic E-state index is 10.6. The van der Waals surface area contributed by atoms with Gasteiger partial charge in [0.15, 0.2) is 5.65 Å². The van der Waals surface area contributed by atoms with Crippen LogP contribution in [-0.4, -0.2) is 31.2 Å². The summed E-state index contributed by atoms with van der Waals surface area (Å²) in [5.74, 6) is -1.38. The molecule has 0 saturated carbocycles. The van der Waals surface area contributed by atoms with Gasteiger partial charge < -0.3 is 5.11 Å². The largest absolute Gasteiger partial charge is 0.475 e. The van der Waals surface area contributed by atoms with Crippen LogP contribution in [-0.2, 0) is 6.42 Å². The van der Waals surface area contributed by atoms with Crippen molar-refractivity contribution in [1.82, 2.24) is 20.2 Å². The van der Waals surface area contributed by atoms with Crippen molar-refractivity contribution >= 4 is 17.0 Å². The third-order valence-corrected chi connectivity index (χ3v) is 1.94. The number of hydrogen-bond donors (Lipinski definition) is 2. The zero-order valence-corrected chi connectivity index (χ0v) is 7.48. The van der Waals surface area contributed by atoms with Crippen molar-refractivity contribution in [3.8, 4) is 0 Å². The van der Waals surface area contributed by atoms with Crippen molar-refractivity contribution in [1.29, 1.82) is 0 Å². The number of aromatic amines is 1. The molecule has 0 bridgehead atoms. The molecule has 0 saturated heterocycles. The lowest BCUT2D eigenvalue weighted by molar-refractivity contribution is 0.0684. The molecule has 0 aliphatic carbocycles. The van der Waals surface area contributed by atoms with Crippen LogP contribution in [0.5, 0.6) is 0 Å². The zero-order valence-electron chi connectivity index (χ0n) is 7.48. The number of nitrogens with zero attached hydrogens (tertiary/aromatic N) is 3. The van der Waals surface area contributed by atoms with E-state index in [1.54, 1.807) is 0 Å². The van der Waals surface area contributed by atoms with Gasteiger partial charge in [-0.25, -0.2) is 14.8 Å². The highest BCUT2D eigenvalue weighted by Crippen LogP contribution is 2.12. The number of aryl methyl sites for hydroxylation is 1. The van der Waals surface area contributed by atoms with Crippen molar-refractivity contribution in [3.05, 3.63) is 17.7 Å². The smallest absolute Gasteiger partial charge is 0.374 e. The Morgan fingerprint density at radius 2 is 2.43 bits per heavy atom. The summed E-state index contributed by atoms with van der Waals surface area (Å²) in [4.78, 5) is 18.1. The van der Waals surface area contributed by atoms with Gasteiger partial charge in [-0.1, -0.05) is 6.92 Å². The molecule has 2 aromatic heterocycles. The van der Waals surface area contributed by atoms with E-state index in [0.717, 1.165) is 17.5 Å². The van der Waals surface area contributed by atoms with Crippen molar-refractivity contribution in [2.24, 2.45) is 0 Å². The van der Waals surface area contributed by atoms with E-state index >= 15 is 0 Å². The second kappa shape index (κ2) is 3.06. The minimum atomic E-state index is -1.15. The van der Waals surface area contributed by atoms with Gasteiger partial charge in [0.1, 0.15) is 0 Å². The molecular formula is C8H8N4O2. The summed E-state index contributed by atoms with van der Waals surface area (Å²) in [5, 5.41) is 16.1. The summed E-state index contributed by atoms with van der Waals surface area (Å²) in [6, 6.07) is 0. The Balaban J connectivity index is 2.63. The standard InChI is InChI=1S/C8H8N4O2/c1-2-5-4-3-9-7(8(13)14)10-6(4)12-11-5/h3H,2H2,1H3,(H,13,14)(H,9,10,11,12). The molecule has 0 aliphatic rings. The van der Waals surface area contributed by atoms with Gasteiger partial charge in [-0.3, -0.25) is 5.10 Å². The van der Waals surface area contributed by atoms with Crippen molar-refractivity contribution in [3.63, 3.8) is 0 Å². The number of nitrogens with one attached hydrogen (secondary N) is 1. The second-order valence-electron chi connectivity index (χ2n) is 2.79. The molecule has 6 heteroatoms. The predicted octanol–water partition coefficient (Wildman–Crippen LogP) is 0.613. The maximum Gasteiger partial charge on any atom is 0.374 e. The fourth-order valence-corrected chi connectivity index (χ4v) is 1.22. The minimum Gasteiger partial charge on any atom is -0.475 e. The van der Waals surface area contributed by atoms with Gasteiger partial charge in [-0.15, -0.1) is 0 Å². The number of carboxylic acid groups (broad SMARTS) is 1. The fourth-order valence-electron chi connectivity index (χ4n) is 1.22. The summed E-state index contributed by atoms with van der Waals surface area (Å²) in [5.41, 5.74) is 1.31. The second-order valence-corrected chi connectivity index (χ2v) is 2.79. The van der Waals surface area contributed by atoms with Crippen molar-refractivity contribution < 1.29 is 9.90 Å². The van der Waals surface area contributed by atoms with Crippen LogP contribution in [0.25, 0.3) is 11.0 Å². The summed E-state index contributed by atoms with van der Waals surface area (Å²) < 4.78 is 0. The van der Waals surface area contributed by atoms with Gasteiger partial charge in [-0.05, 0) is 6.42 Å². The predicted molar refractivity (Wildman–Crippen MR) is 48.0 cm³/mol. The molecule has 2 aromatic rings. The first kappa shape index (κ1) is 8.61. The van der Waals surface area contributed by atoms with E-state index in [1.807, 2.05) is 6.92 Å². The molecule has 2 heterocycles. The average molecular weight is 192 g/mol. The summed E-state index contributed by atoms with van der Waals surface area (Å²) >= 11 is 0. The number of aromatic nitrogens is 4. The van der Waals surface area contributed by atoms with Crippen molar-refractivity contribution in [2.45, 2.75) is 13.3 Å². The van der Waals surface area contributed by atoms with E-state index in [0.29, 0.717) is 5.65 Å². The first-order chi connectivity index (χ1) is 6.72. The van der Waals surface area contributed by atoms with E-state index in [-0.39, 0.29) is 5.82 Å². The lowest BCUT2D eigenvalue weighted by atomic mass is 10.2. The van der Waals surface area contributed by atoms with E-state index in [4.69, 9.17) is 5.11 Å². The molecule has 0 aromatic carbocycles. The zero-order chi connectivity index (χ0) is 10.1. The van der Waals surface area contributed by atoms with Crippen LogP contribution < -0.4 is 0 Å². The Labute approximate surface area is 79.0 Å². The number of fused-ring (bicyclic) bond motifs is 1. The Hall–Kier alpha value is -1.98. The highest BCUT2D eigenvalue weighted by Gasteiger charge is 2.10. The Morgan fingerprint density at radius 1 is 1.64 bits per heavy atom. The van der Waals surface area contributed by atoms with E-state index in [9.17, 15) is 4.79 Å². The third kappa shape index (κ3) is 1.20. The quantitative estimate of drug-likeness (QED) is 0.727. The number of hydrogen-bond acceptors (Lipinski definition) is 4. The van der Waals surface area contributed by atoms with E-state index < -0.39 is 5.97 Å². The fraction of sp³-hybridized carbons (Fsp3) is 0.250. The van der Waals surface area contributed by atoms with Crippen LogP contribution in [0, 0.1) is 0 Å². The monoisotopic (exact) mass is 192 g/mol. The first-order valence-electron chi connectivity index (χ1n) is 4.15. The molecule has 0 radical (unpaired) electrons. The third-order valence-electron chi connectivity index (χ3n) is 1.94. The molecule has 0 aliphatic heterocycles. The lowest BCUT2D eigenvalue weighted by Gasteiger charge is -1.92. The highest BCUT2D eigenvalue weighted by molar-refractivity contribution is 5.86. The highest BCUT2D eigenvalue weighted by atomic mass is 16.4. The molecule has 0 spiro atoms. The Bertz CT molecular complexity index is 491. The summed E-state index contributed by atoms with van der Waals surface area (Å²) in [7, 11) is 0. The Morgan fingerprint density at radius 3 is 3.07 bits per heavy atom. The number of H-pyrrole nitrogens is 1. The lowest BCUT2D eigenvalue weighted by Crippen LogP contribution is -2.03. The molecule has 0 fully saturated rings. The molecule has 0 atom stereocenters. The van der Waals surface area contributed by atoms with E-state index in [2.05, 4.69) is 20.2 Å². The van der Waals surface area contributed by atoms with Crippen LogP contribution in [0.15, 0.2) is 6.20 Å². The molecule has 0 amide bonds. The van der Waals surface area contributed by atoms with Crippen LogP contribution in [0.2, 0.25) is 0 Å². The van der Waals surface area contributed by atoms with Gasteiger partial charge >= 0.3 is 5.97 Å². The van der Waals surface area contributed by atoms with Crippen LogP contribution in [0.1, 0.15) is 23.2 Å². The molecule has 0 unspecified atom stereocenters. The van der Waals surface area contributed by atoms with E-state index in [1.165, 1.54) is 6.20 Å². The first-order valence-corrected chi connectivity index (χ1v) is 4.15. The SMILES string of the molecule is CCc1[nH]nc2nc(C(=O)O)ncc12. The van der Waals surface area contributed by atoms with Gasteiger partial charge in [0.05, 0.1) is 5.39 Å². The molecule has 72 valence electrons. The van der Waals surface area contributed by atoms with Crippen LogP contribution in [0.3, 0.4) is 0 Å². The number of aromatic carboxylic acids is 1. The average Bonchev–Trinajstić information content (AvgIpc) is 2.59. The summed E-state index contributed by atoms with van der Waals surface area (Å²) in [6.07, 6.45) is 2.26. The Kier molecular flexibility index (Phi) is 1.88. The number of rotatable bonds is 2. The maximum absolute atomic E-state index is 10.6.